The predicted octanol–water partition coefficient (Wildman–Crippen LogP) is 1.91. The van der Waals surface area contributed by atoms with Crippen LogP contribution in [0.4, 0.5) is 0 Å². The number of hydrogen-bond donors (Lipinski definition) is 1. The van der Waals surface area contributed by atoms with Crippen molar-refractivity contribution in [3.63, 3.8) is 0 Å². The Hall–Kier alpha value is -0.900. The van der Waals surface area contributed by atoms with Gasteiger partial charge in [0.2, 0.25) is 0 Å². The maximum Gasteiger partial charge on any atom is 0.0227 e. The molecule has 0 aromatic rings. The molecule has 1 nitrogen and oxygen atoms in total. The first-order valence-corrected chi connectivity index (χ1v) is 3.68. The summed E-state index contributed by atoms with van der Waals surface area (Å²) in [5.74, 6) is 2.42. The minimum absolute atomic E-state index is 0.537. The summed E-state index contributed by atoms with van der Waals surface area (Å²) in [6, 6.07) is 0.537. The zero-order valence-electron chi connectivity index (χ0n) is 6.72. The molecule has 0 radical (unpaired) electrons. The molecule has 0 heterocycles. The highest BCUT2D eigenvalue weighted by atomic mass is 14.9. The van der Waals surface area contributed by atoms with Crippen molar-refractivity contribution in [2.75, 3.05) is 0 Å². The smallest absolute Gasteiger partial charge is 0.0227 e. The van der Waals surface area contributed by atoms with Crippen molar-refractivity contribution in [3.05, 3.63) is 12.3 Å². The summed E-state index contributed by atoms with van der Waals surface area (Å²) in [5.41, 5.74) is 0. The number of allylic oxidation sites excluding steroid dienone is 1. The van der Waals surface area contributed by atoms with Crippen molar-refractivity contribution < 1.29 is 0 Å². The molecule has 0 aliphatic heterocycles. The Morgan fingerprint density at radius 2 is 2.40 bits per heavy atom. The largest absolute Gasteiger partial charge is 0.388 e. The highest BCUT2D eigenvalue weighted by Crippen LogP contribution is 1.93. The van der Waals surface area contributed by atoms with Gasteiger partial charge in [-0.1, -0.05) is 19.3 Å². The number of terminal acetylenes is 1. The highest BCUT2D eigenvalue weighted by molar-refractivity contribution is 5.07. The zero-order chi connectivity index (χ0) is 7.82. The van der Waals surface area contributed by atoms with Gasteiger partial charge in [0.1, 0.15) is 0 Å². The first-order chi connectivity index (χ1) is 4.81. The Bertz CT molecular complexity index is 130. The second-order valence-electron chi connectivity index (χ2n) is 2.36. The maximum absolute atomic E-state index is 5.01. The fraction of sp³-hybridized carbons (Fsp3) is 0.556. The fourth-order valence-corrected chi connectivity index (χ4v) is 0.777. The molecule has 1 heteroatoms. The first-order valence-electron chi connectivity index (χ1n) is 3.68. The second kappa shape index (κ2) is 6.22. The van der Waals surface area contributed by atoms with E-state index in [1.54, 1.807) is 6.08 Å². The van der Waals surface area contributed by atoms with E-state index in [0.717, 1.165) is 0 Å². The van der Waals surface area contributed by atoms with Crippen LogP contribution in [0.1, 0.15) is 26.7 Å². The minimum Gasteiger partial charge on any atom is -0.388 e. The molecule has 0 saturated carbocycles. The molecule has 0 saturated heterocycles. The van der Waals surface area contributed by atoms with Crippen molar-refractivity contribution >= 4 is 0 Å². The lowest BCUT2D eigenvalue weighted by Gasteiger charge is -2.08. The standard InChI is InChI=1S/C9H15N/c1-4-6-8-10-9(3)7-5-2/h1,6,8-10H,5,7H2,2-3H3/b8-6+. The van der Waals surface area contributed by atoms with Crippen LogP contribution in [0.15, 0.2) is 12.3 Å². The van der Waals surface area contributed by atoms with Crippen LogP contribution in [-0.4, -0.2) is 6.04 Å². The highest BCUT2D eigenvalue weighted by Gasteiger charge is 1.92. The van der Waals surface area contributed by atoms with Crippen LogP contribution in [0.2, 0.25) is 0 Å². The molecule has 1 atom stereocenters. The van der Waals surface area contributed by atoms with E-state index in [2.05, 4.69) is 25.1 Å². The lowest BCUT2D eigenvalue weighted by molar-refractivity contribution is 0.578. The Labute approximate surface area is 63.5 Å². The predicted molar refractivity (Wildman–Crippen MR) is 45.5 cm³/mol. The summed E-state index contributed by atoms with van der Waals surface area (Å²) in [5, 5.41) is 3.16. The molecule has 56 valence electrons. The van der Waals surface area contributed by atoms with Crippen molar-refractivity contribution in [2.24, 2.45) is 0 Å². The summed E-state index contributed by atoms with van der Waals surface area (Å²) in [6.45, 7) is 4.31. The molecule has 10 heavy (non-hydrogen) atoms. The van der Waals surface area contributed by atoms with E-state index >= 15 is 0 Å². The normalized spacial score (nSPS) is 12.9. The van der Waals surface area contributed by atoms with Gasteiger partial charge >= 0.3 is 0 Å². The molecule has 0 aliphatic carbocycles. The lowest BCUT2D eigenvalue weighted by atomic mass is 10.2. The van der Waals surface area contributed by atoms with E-state index in [0.29, 0.717) is 6.04 Å². The van der Waals surface area contributed by atoms with Gasteiger partial charge < -0.3 is 5.32 Å². The van der Waals surface area contributed by atoms with Crippen molar-refractivity contribution in [1.29, 1.82) is 0 Å². The van der Waals surface area contributed by atoms with E-state index in [-0.39, 0.29) is 0 Å². The Morgan fingerprint density at radius 3 is 2.90 bits per heavy atom. The molecule has 0 amide bonds. The van der Waals surface area contributed by atoms with E-state index in [1.807, 2.05) is 6.20 Å². The van der Waals surface area contributed by atoms with Gasteiger partial charge in [-0.05, 0) is 13.3 Å². The van der Waals surface area contributed by atoms with Crippen LogP contribution < -0.4 is 5.32 Å². The third-order valence-electron chi connectivity index (χ3n) is 1.28. The van der Waals surface area contributed by atoms with E-state index in [4.69, 9.17) is 6.42 Å². The second-order valence-corrected chi connectivity index (χ2v) is 2.36. The third kappa shape index (κ3) is 5.24. The molecule has 0 bridgehead atoms. The van der Waals surface area contributed by atoms with Crippen LogP contribution in [0.25, 0.3) is 0 Å². The topological polar surface area (TPSA) is 12.0 Å². The van der Waals surface area contributed by atoms with Crippen LogP contribution >= 0.6 is 0 Å². The van der Waals surface area contributed by atoms with Gasteiger partial charge in [0.05, 0.1) is 0 Å². The summed E-state index contributed by atoms with van der Waals surface area (Å²) >= 11 is 0. The van der Waals surface area contributed by atoms with Crippen LogP contribution in [0.3, 0.4) is 0 Å². The summed E-state index contributed by atoms with van der Waals surface area (Å²) in [7, 11) is 0. The molecule has 0 rings (SSSR count). The molecule has 0 spiro atoms. The Morgan fingerprint density at radius 1 is 1.70 bits per heavy atom. The summed E-state index contributed by atoms with van der Waals surface area (Å²) in [6.07, 6.45) is 10.9. The average Bonchev–Trinajstić information content (AvgIpc) is 1.89. The van der Waals surface area contributed by atoms with Gasteiger partial charge in [0, 0.05) is 18.3 Å². The van der Waals surface area contributed by atoms with Crippen LogP contribution in [-0.2, 0) is 0 Å². The van der Waals surface area contributed by atoms with Crippen molar-refractivity contribution in [1.82, 2.24) is 5.32 Å². The summed E-state index contributed by atoms with van der Waals surface area (Å²) in [4.78, 5) is 0. The molecule has 0 aliphatic rings. The average molecular weight is 137 g/mol. The third-order valence-corrected chi connectivity index (χ3v) is 1.28. The minimum atomic E-state index is 0.537. The quantitative estimate of drug-likeness (QED) is 0.584. The number of nitrogens with one attached hydrogen (secondary N) is 1. The fourth-order valence-electron chi connectivity index (χ4n) is 0.777. The summed E-state index contributed by atoms with van der Waals surface area (Å²) < 4.78 is 0. The number of hydrogen-bond acceptors (Lipinski definition) is 1. The van der Waals surface area contributed by atoms with Crippen LogP contribution in [0, 0.1) is 12.3 Å². The van der Waals surface area contributed by atoms with Gasteiger partial charge in [-0.25, -0.2) is 0 Å². The van der Waals surface area contributed by atoms with Gasteiger partial charge in [0.15, 0.2) is 0 Å². The SMILES string of the molecule is C#C/C=C/NC(C)CCC. The van der Waals surface area contributed by atoms with E-state index in [9.17, 15) is 0 Å². The van der Waals surface area contributed by atoms with Crippen molar-refractivity contribution in [3.8, 4) is 12.3 Å². The van der Waals surface area contributed by atoms with Gasteiger partial charge in [-0.15, -0.1) is 6.42 Å². The molecule has 1 unspecified atom stereocenters. The van der Waals surface area contributed by atoms with Gasteiger partial charge in [0.25, 0.3) is 0 Å². The first kappa shape index (κ1) is 9.10. The number of rotatable bonds is 4. The van der Waals surface area contributed by atoms with E-state index in [1.165, 1.54) is 12.8 Å². The Balaban J connectivity index is 3.31. The maximum atomic E-state index is 5.01. The van der Waals surface area contributed by atoms with Crippen molar-refractivity contribution in [2.45, 2.75) is 32.7 Å². The van der Waals surface area contributed by atoms with E-state index < -0.39 is 0 Å². The Kier molecular flexibility index (Phi) is 5.66. The molecule has 1 N–H and O–H groups in total. The molecular formula is C9H15N. The van der Waals surface area contributed by atoms with Gasteiger partial charge in [-0.3, -0.25) is 0 Å². The monoisotopic (exact) mass is 137 g/mol. The zero-order valence-corrected chi connectivity index (χ0v) is 6.72. The molecule has 0 aromatic carbocycles. The molecule has 0 aromatic heterocycles. The molecular weight excluding hydrogens is 122 g/mol. The van der Waals surface area contributed by atoms with Crippen LogP contribution in [0.5, 0.6) is 0 Å². The van der Waals surface area contributed by atoms with Gasteiger partial charge in [-0.2, -0.15) is 0 Å². The lowest BCUT2D eigenvalue weighted by Crippen LogP contribution is -2.19. The molecule has 0 fully saturated rings.